The fraction of sp³-hybridized carbons (Fsp3) is 0.462. The van der Waals surface area contributed by atoms with Gasteiger partial charge in [-0.05, 0) is 85.9 Å². The molecule has 51 heavy (non-hydrogen) atoms. The van der Waals surface area contributed by atoms with Crippen molar-refractivity contribution in [2.24, 2.45) is 5.92 Å². The summed E-state index contributed by atoms with van der Waals surface area (Å²) in [6.45, 7) is 6.88. The van der Waals surface area contributed by atoms with Crippen molar-refractivity contribution < 1.29 is 33.8 Å². The second-order valence-corrected chi connectivity index (χ2v) is 19.0. The normalized spacial score (nSPS) is 27.1. The highest BCUT2D eigenvalue weighted by atomic mass is 28.4. The van der Waals surface area contributed by atoms with Crippen LogP contribution >= 0.6 is 0 Å². The topological polar surface area (TPSA) is 141 Å². The van der Waals surface area contributed by atoms with Gasteiger partial charge in [0.2, 0.25) is 11.8 Å². The van der Waals surface area contributed by atoms with E-state index >= 15 is 0 Å². The molecule has 4 heterocycles. The first-order valence-corrected chi connectivity index (χ1v) is 21.0. The van der Waals surface area contributed by atoms with Crippen molar-refractivity contribution in [1.29, 1.82) is 0 Å². The first kappa shape index (κ1) is 35.3. The molecule has 2 fully saturated rings. The molecular weight excluding hydrogens is 665 g/mol. The van der Waals surface area contributed by atoms with E-state index in [1.54, 1.807) is 16.9 Å². The number of ether oxygens (including phenoxy) is 2. The largest absolute Gasteiger partial charge is 0.497 e. The van der Waals surface area contributed by atoms with Crippen LogP contribution in [0.3, 0.4) is 0 Å². The number of nitrogens with one attached hydrogen (secondary N) is 2. The van der Waals surface area contributed by atoms with Crippen LogP contribution in [-0.4, -0.2) is 79.3 Å². The molecule has 0 radical (unpaired) electrons. The van der Waals surface area contributed by atoms with Gasteiger partial charge in [-0.3, -0.25) is 14.4 Å². The Hall–Kier alpha value is -4.07. The molecule has 4 aliphatic rings. The van der Waals surface area contributed by atoms with E-state index in [4.69, 9.17) is 9.47 Å². The van der Waals surface area contributed by atoms with E-state index < -0.39 is 31.5 Å². The average molecular weight is 713 g/mol. The number of fused-ring (bicyclic) bond motifs is 3. The molecule has 0 bridgehead atoms. The zero-order valence-corrected chi connectivity index (χ0v) is 30.7. The van der Waals surface area contributed by atoms with Crippen LogP contribution in [0.1, 0.15) is 48.4 Å². The van der Waals surface area contributed by atoms with Crippen LogP contribution in [0.2, 0.25) is 18.6 Å². The zero-order chi connectivity index (χ0) is 36.1. The molecule has 3 aromatic rings. The number of carbonyl (C=O) groups is 3. The molecule has 0 aromatic heterocycles. The average Bonchev–Trinajstić information content (AvgIpc) is 3.81. The van der Waals surface area contributed by atoms with Crippen molar-refractivity contribution in [3.63, 3.8) is 0 Å². The molecule has 0 saturated carbocycles. The number of methoxy groups -OCH3 is 1. The Balaban J connectivity index is 1.20. The van der Waals surface area contributed by atoms with Crippen molar-refractivity contribution in [1.82, 2.24) is 10.2 Å². The quantitative estimate of drug-likeness (QED) is 0.244. The third-order valence-corrected chi connectivity index (χ3v) is 13.9. The second-order valence-electron chi connectivity index (χ2n) is 15.0. The second kappa shape index (κ2) is 13.8. The van der Waals surface area contributed by atoms with Crippen LogP contribution in [0.4, 0.5) is 11.4 Å². The molecule has 4 aliphatic heterocycles. The van der Waals surface area contributed by atoms with E-state index in [1.165, 1.54) is 0 Å². The summed E-state index contributed by atoms with van der Waals surface area (Å²) in [6.07, 6.45) is 1.54. The Morgan fingerprint density at radius 1 is 1.10 bits per heavy atom. The molecule has 1 spiro atoms. The lowest BCUT2D eigenvalue weighted by Gasteiger charge is -2.37. The lowest BCUT2D eigenvalue weighted by molar-refractivity contribution is -0.151. The zero-order valence-electron chi connectivity index (χ0n) is 29.7. The molecule has 3 aromatic carbocycles. The standard InChI is InChI=1S/C39H48N4O7Si/c1-24-36(51(3,4)48)34(20-35(45)42-22-27-11-6-5-10-26(27)18-29(42)23-44)50-39(24)31-19-30(49-2)14-15-33(31)43(38(39)47)21-25-9-7-12-28(17-25)41-37(46)32-13-8-16-40-32/h5-7,9-12,14-15,17,19,24,29,32,34,36,40,44,48H,8,13,16,18,20-23H2,1-4H3,(H,41,46)/t24-,29+,32-,34+,36-,39+/m1/s1. The van der Waals surface area contributed by atoms with E-state index in [9.17, 15) is 24.3 Å². The molecule has 0 aliphatic carbocycles. The van der Waals surface area contributed by atoms with E-state index in [0.29, 0.717) is 35.7 Å². The lowest BCUT2D eigenvalue weighted by atomic mass is 9.82. The van der Waals surface area contributed by atoms with Crippen LogP contribution < -0.4 is 20.3 Å². The van der Waals surface area contributed by atoms with Crippen LogP contribution in [0.25, 0.3) is 0 Å². The summed E-state index contributed by atoms with van der Waals surface area (Å²) < 4.78 is 12.6. The third-order valence-electron chi connectivity index (χ3n) is 11.4. The first-order valence-electron chi connectivity index (χ1n) is 18.0. The first-order chi connectivity index (χ1) is 24.4. The number of benzene rings is 3. The van der Waals surface area contributed by atoms with Crippen LogP contribution in [-0.2, 0) is 44.2 Å². The molecule has 0 unspecified atom stereocenters. The smallest absolute Gasteiger partial charge is 0.264 e. The van der Waals surface area contributed by atoms with Gasteiger partial charge in [0.05, 0.1) is 50.6 Å². The van der Waals surface area contributed by atoms with Crippen LogP contribution in [0.15, 0.2) is 66.7 Å². The fourth-order valence-corrected chi connectivity index (χ4v) is 11.5. The summed E-state index contributed by atoms with van der Waals surface area (Å²) in [6, 6.07) is 20.4. The predicted octanol–water partition coefficient (Wildman–Crippen LogP) is 4.07. The van der Waals surface area contributed by atoms with Crippen LogP contribution in [0, 0.1) is 5.92 Å². The highest BCUT2D eigenvalue weighted by Gasteiger charge is 2.66. The third kappa shape index (κ3) is 6.37. The van der Waals surface area contributed by atoms with Crippen molar-refractivity contribution in [3.05, 3.63) is 89.0 Å². The van der Waals surface area contributed by atoms with E-state index in [2.05, 4.69) is 10.6 Å². The summed E-state index contributed by atoms with van der Waals surface area (Å²) >= 11 is 0. The molecule has 270 valence electrons. The number of amides is 3. The minimum Gasteiger partial charge on any atom is -0.497 e. The Morgan fingerprint density at radius 2 is 1.88 bits per heavy atom. The van der Waals surface area contributed by atoms with Gasteiger partial charge in [-0.1, -0.05) is 43.3 Å². The Kier molecular flexibility index (Phi) is 9.57. The van der Waals surface area contributed by atoms with Gasteiger partial charge in [-0.15, -0.1) is 0 Å². The van der Waals surface area contributed by atoms with Crippen molar-refractivity contribution >= 4 is 37.4 Å². The highest BCUT2D eigenvalue weighted by molar-refractivity contribution is 6.71. The molecule has 12 heteroatoms. The summed E-state index contributed by atoms with van der Waals surface area (Å²) in [7, 11) is -1.46. The summed E-state index contributed by atoms with van der Waals surface area (Å²) in [5, 5.41) is 16.5. The maximum Gasteiger partial charge on any atom is 0.264 e. The number of hydrogen-bond donors (Lipinski definition) is 4. The maximum absolute atomic E-state index is 15.0. The summed E-state index contributed by atoms with van der Waals surface area (Å²) in [4.78, 5) is 57.2. The van der Waals surface area contributed by atoms with Crippen molar-refractivity contribution in [2.45, 2.75) is 88.1 Å². The monoisotopic (exact) mass is 712 g/mol. The van der Waals surface area contributed by atoms with Crippen LogP contribution in [0.5, 0.6) is 5.75 Å². The van der Waals surface area contributed by atoms with Gasteiger partial charge in [0.1, 0.15) is 5.75 Å². The Morgan fingerprint density at radius 3 is 2.59 bits per heavy atom. The number of anilines is 2. The number of nitrogens with zero attached hydrogens (tertiary/aromatic N) is 2. The SMILES string of the molecule is COc1ccc2c(c1)[C@]1(O[C@@H](CC(=O)N3Cc4ccccc4C[C@H]3CO)[C@H]([Si](C)(C)O)[C@H]1C)C(=O)N2Cc1cccc(NC(=O)[C@H]2CCCN2)c1. The van der Waals surface area contributed by atoms with Gasteiger partial charge < -0.3 is 39.8 Å². The number of aliphatic hydroxyl groups is 1. The van der Waals surface area contributed by atoms with E-state index in [1.807, 2.05) is 86.7 Å². The minimum absolute atomic E-state index is 0.0312. The van der Waals surface area contributed by atoms with Gasteiger partial charge in [-0.25, -0.2) is 0 Å². The summed E-state index contributed by atoms with van der Waals surface area (Å²) in [5.41, 5.74) is 3.05. The van der Waals surface area contributed by atoms with E-state index in [0.717, 1.165) is 36.1 Å². The summed E-state index contributed by atoms with van der Waals surface area (Å²) in [5.74, 6) is -0.418. The number of carbonyl (C=O) groups excluding carboxylic acids is 3. The molecule has 7 rings (SSSR count). The van der Waals surface area contributed by atoms with Gasteiger partial charge in [0, 0.05) is 29.3 Å². The highest BCUT2D eigenvalue weighted by Crippen LogP contribution is 2.60. The number of rotatable bonds is 9. The van der Waals surface area contributed by atoms with Crippen molar-refractivity contribution in [3.8, 4) is 5.75 Å². The molecule has 11 nitrogen and oxygen atoms in total. The molecule has 6 atom stereocenters. The van der Waals surface area contributed by atoms with E-state index in [-0.39, 0.29) is 49.4 Å². The van der Waals surface area contributed by atoms with Gasteiger partial charge in [0.25, 0.3) is 5.91 Å². The molecule has 4 N–H and O–H groups in total. The maximum atomic E-state index is 15.0. The Bertz CT molecular complexity index is 1820. The van der Waals surface area contributed by atoms with Gasteiger partial charge >= 0.3 is 0 Å². The number of hydrogen-bond acceptors (Lipinski definition) is 8. The fourth-order valence-electron chi connectivity index (χ4n) is 8.94. The molecular formula is C39H48N4O7Si. The minimum atomic E-state index is -3.04. The Labute approximate surface area is 300 Å². The van der Waals surface area contributed by atoms with Gasteiger partial charge in [0.15, 0.2) is 13.9 Å². The predicted molar refractivity (Wildman–Crippen MR) is 196 cm³/mol. The van der Waals surface area contributed by atoms with Gasteiger partial charge in [-0.2, -0.15) is 0 Å². The number of aliphatic hydroxyl groups excluding tert-OH is 1. The van der Waals surface area contributed by atoms with Crippen molar-refractivity contribution in [2.75, 3.05) is 30.5 Å². The molecule has 2 saturated heterocycles. The molecule has 3 amide bonds. The lowest BCUT2D eigenvalue weighted by Crippen LogP contribution is -2.48.